The van der Waals surface area contributed by atoms with Crippen LogP contribution in [0.5, 0.6) is 11.5 Å². The summed E-state index contributed by atoms with van der Waals surface area (Å²) in [7, 11) is 3.07. The predicted molar refractivity (Wildman–Crippen MR) is 100 cm³/mol. The average Bonchev–Trinajstić information content (AvgIpc) is 2.66. The smallest absolute Gasteiger partial charge is 0.288 e. The van der Waals surface area contributed by atoms with Gasteiger partial charge in [-0.15, -0.1) is 0 Å². The summed E-state index contributed by atoms with van der Waals surface area (Å²) in [4.78, 5) is 17.2. The molecule has 0 saturated heterocycles. The minimum absolute atomic E-state index is 0.309. The van der Waals surface area contributed by atoms with E-state index in [4.69, 9.17) is 14.3 Å². The Kier molecular flexibility index (Phi) is 7.87. The molecular weight excluding hydrogens is 378 g/mol. The topological polar surface area (TPSA) is 69.1 Å². The second-order valence-electron chi connectivity index (χ2n) is 5.07. The molecule has 0 fully saturated rings. The molecule has 6 nitrogen and oxygen atoms in total. The monoisotopic (exact) mass is 396 g/mol. The van der Waals surface area contributed by atoms with Gasteiger partial charge in [-0.05, 0) is 42.5 Å². The minimum atomic E-state index is -2.49. The lowest BCUT2D eigenvalue weighted by molar-refractivity contribution is -0.120. The number of carbonyl (C=O) groups excluding carboxylic acids is 1. The molecule has 1 amide bonds. The number of halogens is 2. The van der Waals surface area contributed by atoms with E-state index < -0.39 is 11.7 Å². The van der Waals surface area contributed by atoms with Crippen LogP contribution in [0.3, 0.4) is 0 Å². The molecule has 1 N–H and O–H groups in total. The van der Waals surface area contributed by atoms with Gasteiger partial charge in [0.2, 0.25) is 0 Å². The second kappa shape index (κ2) is 10.4. The first-order chi connectivity index (χ1) is 13.0. The fourth-order valence-corrected chi connectivity index (χ4v) is 2.55. The molecule has 2 rings (SSSR count). The summed E-state index contributed by atoms with van der Waals surface area (Å²) in [6.07, 6.45) is 1.41. The number of anilines is 1. The molecule has 0 bridgehead atoms. The summed E-state index contributed by atoms with van der Waals surface area (Å²) in [5.41, 5.74) is 1.10. The zero-order valence-corrected chi connectivity index (χ0v) is 15.5. The Morgan fingerprint density at radius 1 is 1.19 bits per heavy atom. The van der Waals surface area contributed by atoms with Gasteiger partial charge in [-0.25, -0.2) is 0 Å². The summed E-state index contributed by atoms with van der Waals surface area (Å²) < 4.78 is 34.9. The summed E-state index contributed by atoms with van der Waals surface area (Å²) in [5, 5.41) is 6.33. The van der Waals surface area contributed by atoms with Gasteiger partial charge in [-0.3, -0.25) is 4.79 Å². The maximum atomic E-state index is 12.3. The van der Waals surface area contributed by atoms with Gasteiger partial charge in [0.1, 0.15) is 11.5 Å². The van der Waals surface area contributed by atoms with Crippen molar-refractivity contribution in [3.8, 4) is 11.5 Å². The number of thioether (sulfide) groups is 1. The maximum Gasteiger partial charge on any atom is 0.288 e. The number of amides is 1. The highest BCUT2D eigenvalue weighted by molar-refractivity contribution is 7.99. The van der Waals surface area contributed by atoms with Crippen molar-refractivity contribution in [2.45, 2.75) is 10.7 Å². The van der Waals surface area contributed by atoms with E-state index in [0.717, 1.165) is 0 Å². The van der Waals surface area contributed by atoms with Crippen LogP contribution >= 0.6 is 11.8 Å². The van der Waals surface area contributed by atoms with Crippen LogP contribution in [0, 0.1) is 0 Å². The number of methoxy groups -OCH3 is 2. The SMILES string of the molecule is COc1ccc(OC)c(/C=N/OCC(=O)Nc2ccc(SC(F)F)cc2)c1. The van der Waals surface area contributed by atoms with Crippen molar-refractivity contribution in [1.82, 2.24) is 0 Å². The van der Waals surface area contributed by atoms with Crippen LogP contribution < -0.4 is 14.8 Å². The maximum absolute atomic E-state index is 12.3. The van der Waals surface area contributed by atoms with Crippen molar-refractivity contribution in [2.24, 2.45) is 5.16 Å². The molecule has 0 aliphatic rings. The molecule has 0 spiro atoms. The lowest BCUT2D eigenvalue weighted by Crippen LogP contribution is -2.16. The highest BCUT2D eigenvalue weighted by atomic mass is 32.2. The molecule has 2 aromatic carbocycles. The average molecular weight is 396 g/mol. The Bertz CT molecular complexity index is 785. The van der Waals surface area contributed by atoms with Crippen molar-refractivity contribution in [2.75, 3.05) is 26.1 Å². The quantitative estimate of drug-likeness (QED) is 0.394. The van der Waals surface area contributed by atoms with Crippen LogP contribution in [0.2, 0.25) is 0 Å². The number of hydrogen-bond donors (Lipinski definition) is 1. The summed E-state index contributed by atoms with van der Waals surface area (Å²) in [6, 6.07) is 11.3. The van der Waals surface area contributed by atoms with Crippen LogP contribution in [0.15, 0.2) is 52.5 Å². The molecule has 0 heterocycles. The lowest BCUT2D eigenvalue weighted by atomic mass is 10.2. The standard InChI is InChI=1S/C18H18F2N2O4S/c1-24-14-5-8-16(25-2)12(9-14)10-21-26-11-17(23)22-13-3-6-15(7-4-13)27-18(19)20/h3-10,18H,11H2,1-2H3,(H,22,23)/b21-10+. The molecule has 0 aliphatic carbocycles. The molecular formula is C18H18F2N2O4S. The lowest BCUT2D eigenvalue weighted by Gasteiger charge is -2.07. The molecule has 0 unspecified atom stereocenters. The van der Waals surface area contributed by atoms with Crippen molar-refractivity contribution in [3.05, 3.63) is 48.0 Å². The van der Waals surface area contributed by atoms with Gasteiger partial charge in [0, 0.05) is 16.1 Å². The zero-order valence-electron chi connectivity index (χ0n) is 14.6. The Morgan fingerprint density at radius 3 is 2.56 bits per heavy atom. The van der Waals surface area contributed by atoms with Crippen molar-refractivity contribution in [3.63, 3.8) is 0 Å². The Morgan fingerprint density at radius 2 is 1.93 bits per heavy atom. The van der Waals surface area contributed by atoms with E-state index in [1.165, 1.54) is 37.6 Å². The van der Waals surface area contributed by atoms with Crippen LogP contribution in [0.4, 0.5) is 14.5 Å². The van der Waals surface area contributed by atoms with E-state index in [2.05, 4.69) is 10.5 Å². The number of rotatable bonds is 9. The number of alkyl halides is 2. The van der Waals surface area contributed by atoms with Gasteiger partial charge in [-0.2, -0.15) is 8.78 Å². The number of carbonyl (C=O) groups is 1. The van der Waals surface area contributed by atoms with E-state index in [0.29, 0.717) is 39.4 Å². The van der Waals surface area contributed by atoms with Gasteiger partial charge in [0.15, 0.2) is 6.61 Å². The zero-order chi connectivity index (χ0) is 19.6. The van der Waals surface area contributed by atoms with Crippen LogP contribution in [0.1, 0.15) is 5.56 Å². The van der Waals surface area contributed by atoms with Crippen molar-refractivity contribution in [1.29, 1.82) is 0 Å². The normalized spacial score (nSPS) is 10.9. The number of nitrogens with zero attached hydrogens (tertiary/aromatic N) is 1. The summed E-state index contributed by atoms with van der Waals surface area (Å²) in [5.74, 6) is -1.71. The Labute approximate surface area is 159 Å². The van der Waals surface area contributed by atoms with E-state index in [-0.39, 0.29) is 6.61 Å². The van der Waals surface area contributed by atoms with Crippen molar-refractivity contribution >= 4 is 29.6 Å². The molecule has 0 atom stereocenters. The van der Waals surface area contributed by atoms with Crippen LogP contribution in [0.25, 0.3) is 0 Å². The Balaban J connectivity index is 1.84. The first-order valence-corrected chi connectivity index (χ1v) is 8.62. The first kappa shape index (κ1) is 20.5. The van der Waals surface area contributed by atoms with Crippen LogP contribution in [-0.2, 0) is 9.63 Å². The van der Waals surface area contributed by atoms with Gasteiger partial charge < -0.3 is 19.6 Å². The molecule has 0 aliphatic heterocycles. The fourth-order valence-electron chi connectivity index (χ4n) is 2.05. The molecule has 2 aromatic rings. The number of oxime groups is 1. The molecule has 0 radical (unpaired) electrons. The predicted octanol–water partition coefficient (Wildman–Crippen LogP) is 4.01. The summed E-state index contributed by atoms with van der Waals surface area (Å²) in [6.45, 7) is -0.309. The van der Waals surface area contributed by atoms with E-state index in [1.54, 1.807) is 25.3 Å². The van der Waals surface area contributed by atoms with Gasteiger partial charge in [0.25, 0.3) is 11.7 Å². The number of nitrogens with one attached hydrogen (secondary N) is 1. The highest BCUT2D eigenvalue weighted by Gasteiger charge is 2.07. The summed E-state index contributed by atoms with van der Waals surface area (Å²) >= 11 is 0.437. The fraction of sp³-hybridized carbons (Fsp3) is 0.222. The minimum Gasteiger partial charge on any atom is -0.497 e. The third kappa shape index (κ3) is 6.78. The van der Waals surface area contributed by atoms with Crippen molar-refractivity contribution < 1.29 is 27.9 Å². The second-order valence-corrected chi connectivity index (χ2v) is 6.13. The third-order valence-corrected chi connectivity index (χ3v) is 3.98. The molecule has 144 valence electrons. The molecule has 0 saturated carbocycles. The molecule has 27 heavy (non-hydrogen) atoms. The largest absolute Gasteiger partial charge is 0.497 e. The van der Waals surface area contributed by atoms with E-state index >= 15 is 0 Å². The van der Waals surface area contributed by atoms with Gasteiger partial charge in [-0.1, -0.05) is 16.9 Å². The van der Waals surface area contributed by atoms with Gasteiger partial charge in [0.05, 0.1) is 20.4 Å². The number of ether oxygens (including phenoxy) is 2. The molecule has 0 aromatic heterocycles. The molecule has 9 heteroatoms. The van der Waals surface area contributed by atoms with E-state index in [9.17, 15) is 13.6 Å². The van der Waals surface area contributed by atoms with E-state index in [1.807, 2.05) is 0 Å². The van der Waals surface area contributed by atoms with Crippen LogP contribution in [-0.4, -0.2) is 38.7 Å². The Hall–Kier alpha value is -2.81. The number of hydrogen-bond acceptors (Lipinski definition) is 6. The third-order valence-electron chi connectivity index (χ3n) is 3.26. The van der Waals surface area contributed by atoms with Gasteiger partial charge >= 0.3 is 0 Å². The highest BCUT2D eigenvalue weighted by Crippen LogP contribution is 2.26. The number of benzene rings is 2. The first-order valence-electron chi connectivity index (χ1n) is 7.74.